The Kier molecular flexibility index (Phi) is 2.99. The van der Waals surface area contributed by atoms with E-state index >= 15 is 0 Å². The van der Waals surface area contributed by atoms with Gasteiger partial charge in [-0.05, 0) is 49.3 Å². The molecule has 0 atom stereocenters. The maximum Gasteiger partial charge on any atom is 0.0992 e. The summed E-state index contributed by atoms with van der Waals surface area (Å²) in [7, 11) is 0. The van der Waals surface area contributed by atoms with Crippen LogP contribution in [0.2, 0.25) is 0 Å². The van der Waals surface area contributed by atoms with Crippen molar-refractivity contribution in [3.63, 3.8) is 0 Å². The third-order valence-corrected chi connectivity index (χ3v) is 4.83. The molecular formula is C16H20N2. The molecule has 1 aromatic rings. The van der Waals surface area contributed by atoms with Gasteiger partial charge in [-0.2, -0.15) is 5.26 Å². The van der Waals surface area contributed by atoms with Crippen LogP contribution < -0.4 is 4.90 Å². The standard InChI is InChI=1S/C16H20N2/c17-13-14-4-3-5-15(12-14)18-10-8-16(9-11-18)6-1-2-7-16/h3-5,12H,1-2,6-11H2. The van der Waals surface area contributed by atoms with Crippen LogP contribution in [-0.4, -0.2) is 13.1 Å². The van der Waals surface area contributed by atoms with E-state index in [-0.39, 0.29) is 0 Å². The quantitative estimate of drug-likeness (QED) is 0.748. The van der Waals surface area contributed by atoms with Crippen molar-refractivity contribution >= 4 is 5.69 Å². The average Bonchev–Trinajstić information content (AvgIpc) is 2.88. The maximum absolute atomic E-state index is 8.96. The minimum absolute atomic E-state index is 0.670. The number of piperidine rings is 1. The zero-order chi connectivity index (χ0) is 12.4. The summed E-state index contributed by atoms with van der Waals surface area (Å²) >= 11 is 0. The number of hydrogen-bond acceptors (Lipinski definition) is 2. The Bertz CT molecular complexity index is 456. The number of hydrogen-bond donors (Lipinski definition) is 0. The first kappa shape index (κ1) is 11.6. The van der Waals surface area contributed by atoms with Crippen molar-refractivity contribution in [2.45, 2.75) is 38.5 Å². The monoisotopic (exact) mass is 240 g/mol. The van der Waals surface area contributed by atoms with E-state index in [9.17, 15) is 0 Å². The van der Waals surface area contributed by atoms with Crippen molar-refractivity contribution < 1.29 is 0 Å². The van der Waals surface area contributed by atoms with Crippen molar-refractivity contribution in [3.05, 3.63) is 29.8 Å². The molecule has 1 heterocycles. The molecule has 2 fully saturated rings. The second-order valence-corrected chi connectivity index (χ2v) is 5.86. The van der Waals surface area contributed by atoms with Gasteiger partial charge in [-0.25, -0.2) is 0 Å². The summed E-state index contributed by atoms with van der Waals surface area (Å²) in [4.78, 5) is 2.45. The van der Waals surface area contributed by atoms with Gasteiger partial charge in [0.1, 0.15) is 0 Å². The van der Waals surface area contributed by atoms with Gasteiger partial charge in [0.2, 0.25) is 0 Å². The summed E-state index contributed by atoms with van der Waals surface area (Å²) in [6.07, 6.45) is 8.43. The Hall–Kier alpha value is -1.49. The van der Waals surface area contributed by atoms with Crippen molar-refractivity contribution in [2.75, 3.05) is 18.0 Å². The van der Waals surface area contributed by atoms with Crippen LogP contribution in [0, 0.1) is 16.7 Å². The largest absolute Gasteiger partial charge is 0.371 e. The zero-order valence-electron chi connectivity index (χ0n) is 10.9. The van der Waals surface area contributed by atoms with E-state index in [1.54, 1.807) is 0 Å². The number of nitrogens with zero attached hydrogens (tertiary/aromatic N) is 2. The van der Waals surface area contributed by atoms with Gasteiger partial charge in [-0.3, -0.25) is 0 Å². The molecule has 0 aromatic heterocycles. The fourth-order valence-electron chi connectivity index (χ4n) is 3.64. The number of nitriles is 1. The van der Waals surface area contributed by atoms with Gasteiger partial charge in [-0.15, -0.1) is 0 Å². The van der Waals surface area contributed by atoms with Gasteiger partial charge >= 0.3 is 0 Å². The lowest BCUT2D eigenvalue weighted by Crippen LogP contribution is -2.38. The van der Waals surface area contributed by atoms with Crippen LogP contribution in [0.4, 0.5) is 5.69 Å². The first-order valence-corrected chi connectivity index (χ1v) is 7.07. The molecule has 1 saturated carbocycles. The van der Waals surface area contributed by atoms with E-state index in [0.29, 0.717) is 5.41 Å². The Morgan fingerprint density at radius 2 is 1.78 bits per heavy atom. The van der Waals surface area contributed by atoms with E-state index < -0.39 is 0 Å². The topological polar surface area (TPSA) is 27.0 Å². The number of benzene rings is 1. The molecule has 2 heteroatoms. The second-order valence-electron chi connectivity index (χ2n) is 5.86. The minimum Gasteiger partial charge on any atom is -0.371 e. The van der Waals surface area contributed by atoms with Gasteiger partial charge in [0.15, 0.2) is 0 Å². The molecule has 1 aliphatic carbocycles. The Labute approximate surface area is 109 Å². The molecule has 1 aliphatic heterocycles. The van der Waals surface area contributed by atoms with Gasteiger partial charge in [0.05, 0.1) is 11.6 Å². The Balaban J connectivity index is 1.70. The van der Waals surface area contributed by atoms with Crippen LogP contribution in [0.1, 0.15) is 44.1 Å². The first-order chi connectivity index (χ1) is 8.81. The van der Waals surface area contributed by atoms with E-state index in [1.165, 1.54) is 44.2 Å². The molecule has 3 rings (SSSR count). The predicted octanol–water partition coefficient (Wildman–Crippen LogP) is 3.72. The van der Waals surface area contributed by atoms with Gasteiger partial charge in [0, 0.05) is 18.8 Å². The highest BCUT2D eigenvalue weighted by Gasteiger charge is 2.36. The van der Waals surface area contributed by atoms with E-state index in [4.69, 9.17) is 5.26 Å². The SMILES string of the molecule is N#Cc1cccc(N2CCC3(CCCC3)CC2)c1. The van der Waals surface area contributed by atoms with Crippen LogP contribution in [-0.2, 0) is 0 Å². The van der Waals surface area contributed by atoms with Crippen molar-refractivity contribution in [1.82, 2.24) is 0 Å². The van der Waals surface area contributed by atoms with E-state index in [2.05, 4.69) is 17.0 Å². The zero-order valence-corrected chi connectivity index (χ0v) is 10.9. The smallest absolute Gasteiger partial charge is 0.0992 e. The molecule has 0 bridgehead atoms. The Morgan fingerprint density at radius 3 is 2.44 bits per heavy atom. The van der Waals surface area contributed by atoms with Crippen LogP contribution >= 0.6 is 0 Å². The summed E-state index contributed by atoms with van der Waals surface area (Å²) in [6.45, 7) is 2.32. The lowest BCUT2D eigenvalue weighted by atomic mass is 9.77. The summed E-state index contributed by atoms with van der Waals surface area (Å²) in [5.74, 6) is 0. The molecule has 2 aliphatic rings. The minimum atomic E-state index is 0.670. The lowest BCUT2D eigenvalue weighted by molar-refractivity contribution is 0.226. The molecular weight excluding hydrogens is 220 g/mol. The molecule has 0 amide bonds. The lowest BCUT2D eigenvalue weighted by Gasteiger charge is -2.40. The normalized spacial score (nSPS) is 22.1. The number of anilines is 1. The van der Waals surface area contributed by atoms with Gasteiger partial charge < -0.3 is 4.90 Å². The molecule has 94 valence electrons. The third-order valence-electron chi connectivity index (χ3n) is 4.83. The molecule has 0 unspecified atom stereocenters. The van der Waals surface area contributed by atoms with Crippen molar-refractivity contribution in [1.29, 1.82) is 5.26 Å². The number of rotatable bonds is 1. The molecule has 1 aromatic carbocycles. The highest BCUT2D eigenvalue weighted by molar-refractivity contribution is 5.51. The summed E-state index contributed by atoms with van der Waals surface area (Å²) < 4.78 is 0. The van der Waals surface area contributed by atoms with E-state index in [0.717, 1.165) is 18.7 Å². The van der Waals surface area contributed by atoms with Crippen LogP contribution in [0.3, 0.4) is 0 Å². The van der Waals surface area contributed by atoms with Crippen LogP contribution in [0.5, 0.6) is 0 Å². The van der Waals surface area contributed by atoms with Crippen molar-refractivity contribution in [2.24, 2.45) is 5.41 Å². The summed E-state index contributed by atoms with van der Waals surface area (Å²) in [5, 5.41) is 8.96. The summed E-state index contributed by atoms with van der Waals surface area (Å²) in [6, 6.07) is 10.3. The molecule has 18 heavy (non-hydrogen) atoms. The van der Waals surface area contributed by atoms with E-state index in [1.807, 2.05) is 18.2 Å². The Morgan fingerprint density at radius 1 is 1.06 bits per heavy atom. The highest BCUT2D eigenvalue weighted by Crippen LogP contribution is 2.46. The van der Waals surface area contributed by atoms with Crippen LogP contribution in [0.25, 0.3) is 0 Å². The average molecular weight is 240 g/mol. The van der Waals surface area contributed by atoms with Gasteiger partial charge in [0.25, 0.3) is 0 Å². The third kappa shape index (κ3) is 2.10. The van der Waals surface area contributed by atoms with Crippen molar-refractivity contribution in [3.8, 4) is 6.07 Å². The second kappa shape index (κ2) is 4.65. The highest BCUT2D eigenvalue weighted by atomic mass is 15.1. The molecule has 2 nitrogen and oxygen atoms in total. The molecule has 0 N–H and O–H groups in total. The molecule has 1 spiro atoms. The van der Waals surface area contributed by atoms with Gasteiger partial charge in [-0.1, -0.05) is 18.9 Å². The van der Waals surface area contributed by atoms with Crippen LogP contribution in [0.15, 0.2) is 24.3 Å². The first-order valence-electron chi connectivity index (χ1n) is 7.07. The predicted molar refractivity (Wildman–Crippen MR) is 73.5 cm³/mol. The fourth-order valence-corrected chi connectivity index (χ4v) is 3.64. The fraction of sp³-hybridized carbons (Fsp3) is 0.562. The molecule has 1 saturated heterocycles. The maximum atomic E-state index is 8.96. The summed E-state index contributed by atoms with van der Waals surface area (Å²) in [5.41, 5.74) is 2.67. The molecule has 0 radical (unpaired) electrons.